The fourth-order valence-corrected chi connectivity index (χ4v) is 6.18. The van der Waals surface area contributed by atoms with Crippen molar-refractivity contribution in [3.05, 3.63) is 129 Å². The Labute approximate surface area is 241 Å². The highest BCUT2D eigenvalue weighted by Gasteiger charge is 2.27. The molecule has 0 amide bonds. The lowest BCUT2D eigenvalue weighted by Crippen LogP contribution is -2.36. The smallest absolute Gasteiger partial charge is 0.343 e. The zero-order chi connectivity index (χ0) is 29.1. The van der Waals surface area contributed by atoms with Gasteiger partial charge in [-0.1, -0.05) is 66.7 Å². The molecule has 5 aromatic rings. The van der Waals surface area contributed by atoms with Crippen molar-refractivity contribution in [2.45, 2.75) is 39.4 Å². The van der Waals surface area contributed by atoms with E-state index in [0.717, 1.165) is 16.0 Å². The zero-order valence-corrected chi connectivity index (χ0v) is 23.9. The first-order chi connectivity index (χ1) is 19.7. The van der Waals surface area contributed by atoms with E-state index < -0.39 is 28.6 Å². The first-order valence-electron chi connectivity index (χ1n) is 13.4. The summed E-state index contributed by atoms with van der Waals surface area (Å²) in [5.74, 6) is -2.19. The molecule has 3 aromatic carbocycles. The predicted octanol–water partition coefficient (Wildman–Crippen LogP) is 7.26. The van der Waals surface area contributed by atoms with Crippen LogP contribution in [0.25, 0.3) is 20.7 Å². The van der Waals surface area contributed by atoms with Gasteiger partial charge in [-0.25, -0.2) is 13.6 Å². The lowest BCUT2D eigenvalue weighted by atomic mass is 9.93. The number of nitrogens with one attached hydrogen (secondary N) is 1. The van der Waals surface area contributed by atoms with Gasteiger partial charge < -0.3 is 14.6 Å². The number of ether oxygens (including phenoxy) is 1. The van der Waals surface area contributed by atoms with Gasteiger partial charge in [0.05, 0.1) is 18.5 Å². The van der Waals surface area contributed by atoms with E-state index in [9.17, 15) is 18.4 Å². The van der Waals surface area contributed by atoms with Gasteiger partial charge in [-0.2, -0.15) is 0 Å². The molecule has 8 heteroatoms. The molecule has 0 saturated heterocycles. The normalized spacial score (nSPS) is 11.6. The molecule has 0 radical (unpaired) electrons. The van der Waals surface area contributed by atoms with Crippen molar-refractivity contribution in [3.63, 3.8) is 0 Å². The molecular weight excluding hydrogens is 542 g/mol. The van der Waals surface area contributed by atoms with Crippen molar-refractivity contribution >= 4 is 27.5 Å². The minimum absolute atomic E-state index is 0.0802. The molecule has 0 aliphatic heterocycles. The number of hydrogen-bond donors (Lipinski definition) is 1. The van der Waals surface area contributed by atoms with Crippen LogP contribution in [0, 0.1) is 11.6 Å². The maximum absolute atomic E-state index is 14.7. The SMILES string of the molecule is CCOC(=O)c1cn(Cc2c(F)cccc2F)c2sc(-c3ccccc3)c(CNC(C)(C)c3ccccc3)c2c1=O. The van der Waals surface area contributed by atoms with E-state index in [1.165, 1.54) is 35.7 Å². The van der Waals surface area contributed by atoms with E-state index in [4.69, 9.17) is 4.74 Å². The number of aromatic nitrogens is 1. The second kappa shape index (κ2) is 11.8. The summed E-state index contributed by atoms with van der Waals surface area (Å²) < 4.78 is 36.3. The minimum atomic E-state index is -0.779. The average molecular weight is 573 g/mol. The topological polar surface area (TPSA) is 60.3 Å². The van der Waals surface area contributed by atoms with E-state index in [0.29, 0.717) is 22.3 Å². The number of hydrogen-bond acceptors (Lipinski definition) is 5. The largest absolute Gasteiger partial charge is 0.462 e. The number of halogens is 2. The zero-order valence-electron chi connectivity index (χ0n) is 23.0. The molecular formula is C33H30F2N2O3S. The van der Waals surface area contributed by atoms with Gasteiger partial charge in [0, 0.05) is 28.7 Å². The molecule has 0 aliphatic rings. The van der Waals surface area contributed by atoms with E-state index in [1.54, 1.807) is 11.5 Å². The molecule has 0 bridgehead atoms. The number of benzene rings is 3. The number of carbonyl (C=O) groups is 1. The van der Waals surface area contributed by atoms with Gasteiger partial charge in [-0.15, -0.1) is 11.3 Å². The van der Waals surface area contributed by atoms with Crippen LogP contribution in [0.5, 0.6) is 0 Å². The first kappa shape index (κ1) is 28.4. The molecule has 0 aliphatic carbocycles. The van der Waals surface area contributed by atoms with Crippen molar-refractivity contribution in [1.29, 1.82) is 0 Å². The molecule has 1 N–H and O–H groups in total. The fraction of sp³-hybridized carbons (Fsp3) is 0.212. The fourth-order valence-electron chi connectivity index (χ4n) is 4.88. The Kier molecular flexibility index (Phi) is 8.15. The predicted molar refractivity (Wildman–Crippen MR) is 159 cm³/mol. The summed E-state index contributed by atoms with van der Waals surface area (Å²) >= 11 is 1.35. The molecule has 210 valence electrons. The third-order valence-electron chi connectivity index (χ3n) is 7.13. The highest BCUT2D eigenvalue weighted by Crippen LogP contribution is 2.38. The van der Waals surface area contributed by atoms with Crippen LogP contribution < -0.4 is 10.7 Å². The van der Waals surface area contributed by atoms with E-state index in [1.807, 2.05) is 60.7 Å². The first-order valence-corrected chi connectivity index (χ1v) is 14.2. The third kappa shape index (κ3) is 5.71. The van der Waals surface area contributed by atoms with Gasteiger partial charge >= 0.3 is 5.97 Å². The van der Waals surface area contributed by atoms with Crippen molar-refractivity contribution < 1.29 is 18.3 Å². The minimum Gasteiger partial charge on any atom is -0.462 e. The highest BCUT2D eigenvalue weighted by molar-refractivity contribution is 7.22. The number of pyridine rings is 1. The van der Waals surface area contributed by atoms with Crippen LogP contribution in [0.4, 0.5) is 8.78 Å². The third-order valence-corrected chi connectivity index (χ3v) is 8.45. The Hall–Kier alpha value is -4.14. The second-order valence-electron chi connectivity index (χ2n) is 10.2. The Morgan fingerprint density at radius 1 is 0.927 bits per heavy atom. The van der Waals surface area contributed by atoms with E-state index >= 15 is 0 Å². The standard InChI is InChI=1S/C33H30F2N2O3S/c1-4-40-32(39)25-20-37(19-24-26(34)16-11-17-27(24)35)31-28(29(25)38)23(30(41-31)21-12-7-5-8-13-21)18-36-33(2,3)22-14-9-6-10-15-22/h5-17,20,36H,4,18-19H2,1-3H3. The molecule has 41 heavy (non-hydrogen) atoms. The van der Waals surface area contributed by atoms with Gasteiger partial charge in [0.15, 0.2) is 0 Å². The van der Waals surface area contributed by atoms with Gasteiger partial charge in [-0.3, -0.25) is 4.79 Å². The van der Waals surface area contributed by atoms with Gasteiger partial charge in [0.25, 0.3) is 0 Å². The monoisotopic (exact) mass is 572 g/mol. The molecule has 2 heterocycles. The quantitative estimate of drug-likeness (QED) is 0.189. The van der Waals surface area contributed by atoms with Crippen LogP contribution in [-0.2, 0) is 23.4 Å². The second-order valence-corrected chi connectivity index (χ2v) is 11.2. The van der Waals surface area contributed by atoms with Crippen LogP contribution in [0.15, 0.2) is 89.9 Å². The summed E-state index contributed by atoms with van der Waals surface area (Å²) in [6.07, 6.45) is 1.35. The van der Waals surface area contributed by atoms with Gasteiger partial charge in [0.1, 0.15) is 22.0 Å². The van der Waals surface area contributed by atoms with E-state index in [-0.39, 0.29) is 24.3 Å². The summed E-state index contributed by atoms with van der Waals surface area (Å²) in [6.45, 7) is 5.95. The summed E-state index contributed by atoms with van der Waals surface area (Å²) in [6, 6.07) is 23.3. The Morgan fingerprint density at radius 2 is 1.56 bits per heavy atom. The van der Waals surface area contributed by atoms with Crippen molar-refractivity contribution in [3.8, 4) is 10.4 Å². The van der Waals surface area contributed by atoms with Crippen LogP contribution >= 0.6 is 11.3 Å². The van der Waals surface area contributed by atoms with Crippen LogP contribution in [0.3, 0.4) is 0 Å². The Balaban J connectivity index is 1.74. The average Bonchev–Trinajstić information content (AvgIpc) is 3.36. The molecule has 2 aromatic heterocycles. The molecule has 5 rings (SSSR count). The number of nitrogens with zero attached hydrogens (tertiary/aromatic N) is 1. The number of thiophene rings is 1. The number of esters is 1. The van der Waals surface area contributed by atoms with Crippen molar-refractivity contribution in [2.75, 3.05) is 6.61 Å². The van der Waals surface area contributed by atoms with E-state index in [2.05, 4.69) is 19.2 Å². The Morgan fingerprint density at radius 3 is 2.20 bits per heavy atom. The summed E-state index contributed by atoms with van der Waals surface area (Å²) in [4.78, 5) is 28.2. The maximum atomic E-state index is 14.7. The van der Waals surface area contributed by atoms with Gasteiger partial charge in [0.2, 0.25) is 5.43 Å². The number of fused-ring (bicyclic) bond motifs is 1. The molecule has 0 spiro atoms. The molecule has 0 atom stereocenters. The van der Waals surface area contributed by atoms with Crippen molar-refractivity contribution in [1.82, 2.24) is 9.88 Å². The lowest BCUT2D eigenvalue weighted by Gasteiger charge is -2.27. The lowest BCUT2D eigenvalue weighted by molar-refractivity contribution is 0.0524. The summed E-state index contributed by atoms with van der Waals surface area (Å²) in [5, 5.41) is 3.92. The highest BCUT2D eigenvalue weighted by atomic mass is 32.1. The summed E-state index contributed by atoms with van der Waals surface area (Å²) in [7, 11) is 0. The number of rotatable bonds is 9. The molecule has 0 saturated carbocycles. The molecule has 0 fully saturated rings. The number of carbonyl (C=O) groups excluding carboxylic acids is 1. The van der Waals surface area contributed by atoms with Gasteiger partial charge in [-0.05, 0) is 49.6 Å². The molecule has 5 nitrogen and oxygen atoms in total. The summed E-state index contributed by atoms with van der Waals surface area (Å²) in [5.41, 5.74) is 1.40. The maximum Gasteiger partial charge on any atom is 0.343 e. The molecule has 0 unspecified atom stereocenters. The Bertz CT molecular complexity index is 1740. The van der Waals surface area contributed by atoms with Crippen LogP contribution in [0.1, 0.15) is 47.8 Å². The van der Waals surface area contributed by atoms with Crippen LogP contribution in [0.2, 0.25) is 0 Å². The van der Waals surface area contributed by atoms with Crippen molar-refractivity contribution in [2.24, 2.45) is 0 Å². The van der Waals surface area contributed by atoms with Crippen LogP contribution in [-0.4, -0.2) is 17.1 Å².